The predicted octanol–water partition coefficient (Wildman–Crippen LogP) is 0.497. The SMILES string of the molecule is Cl.NC(N)=NC(N)=NCC1=CCCCC1. The topological polar surface area (TPSA) is 103 Å². The van der Waals surface area contributed by atoms with Crippen LogP contribution >= 0.6 is 12.4 Å². The molecular formula is C9H18ClN5. The maximum atomic E-state index is 5.47. The van der Waals surface area contributed by atoms with E-state index in [-0.39, 0.29) is 24.3 Å². The van der Waals surface area contributed by atoms with Gasteiger partial charge in [0.2, 0.25) is 5.96 Å². The molecule has 1 aliphatic carbocycles. The summed E-state index contributed by atoms with van der Waals surface area (Å²) in [7, 11) is 0. The van der Waals surface area contributed by atoms with Crippen LogP contribution in [-0.4, -0.2) is 18.5 Å². The largest absolute Gasteiger partial charge is 0.370 e. The maximum absolute atomic E-state index is 5.47. The molecule has 6 N–H and O–H groups in total. The molecule has 0 spiro atoms. The first kappa shape index (κ1) is 13.8. The molecule has 0 fully saturated rings. The Bertz CT molecular complexity index is 278. The van der Waals surface area contributed by atoms with Crippen molar-refractivity contribution in [3.8, 4) is 0 Å². The fourth-order valence-corrected chi connectivity index (χ4v) is 1.40. The van der Waals surface area contributed by atoms with Gasteiger partial charge in [0.15, 0.2) is 5.96 Å². The van der Waals surface area contributed by atoms with Crippen LogP contribution in [-0.2, 0) is 0 Å². The van der Waals surface area contributed by atoms with Gasteiger partial charge in [-0.2, -0.15) is 4.99 Å². The predicted molar refractivity (Wildman–Crippen MR) is 66.1 cm³/mol. The second-order valence-electron chi connectivity index (χ2n) is 3.32. The van der Waals surface area contributed by atoms with Crippen molar-refractivity contribution in [1.29, 1.82) is 0 Å². The number of nitrogens with two attached hydrogens (primary N) is 3. The summed E-state index contributed by atoms with van der Waals surface area (Å²) in [5.74, 6) is 0.0975. The number of guanidine groups is 2. The smallest absolute Gasteiger partial charge is 0.218 e. The lowest BCUT2D eigenvalue weighted by atomic mass is 10.00. The third-order valence-electron chi connectivity index (χ3n) is 2.07. The number of rotatable bonds is 2. The zero-order valence-electron chi connectivity index (χ0n) is 8.65. The monoisotopic (exact) mass is 231 g/mol. The lowest BCUT2D eigenvalue weighted by molar-refractivity contribution is 0.691. The Morgan fingerprint density at radius 3 is 2.53 bits per heavy atom. The lowest BCUT2D eigenvalue weighted by Gasteiger charge is -2.09. The first-order chi connectivity index (χ1) is 6.68. The van der Waals surface area contributed by atoms with Gasteiger partial charge in [-0.05, 0) is 25.7 Å². The van der Waals surface area contributed by atoms with Crippen LogP contribution in [0.3, 0.4) is 0 Å². The van der Waals surface area contributed by atoms with E-state index in [2.05, 4.69) is 16.1 Å². The van der Waals surface area contributed by atoms with Crippen molar-refractivity contribution in [2.45, 2.75) is 25.7 Å². The minimum Gasteiger partial charge on any atom is -0.370 e. The van der Waals surface area contributed by atoms with Gasteiger partial charge in [0.25, 0.3) is 0 Å². The van der Waals surface area contributed by atoms with Crippen LogP contribution in [0.5, 0.6) is 0 Å². The van der Waals surface area contributed by atoms with Crippen molar-refractivity contribution in [2.24, 2.45) is 27.2 Å². The Labute approximate surface area is 95.9 Å². The molecule has 6 heteroatoms. The summed E-state index contributed by atoms with van der Waals surface area (Å²) in [5.41, 5.74) is 17.1. The number of aliphatic imine (C=N–C) groups is 2. The molecule has 0 saturated carbocycles. The molecule has 1 aliphatic rings. The van der Waals surface area contributed by atoms with Crippen molar-refractivity contribution >= 4 is 24.3 Å². The Morgan fingerprint density at radius 1 is 1.27 bits per heavy atom. The van der Waals surface area contributed by atoms with Crippen LogP contribution in [0, 0.1) is 0 Å². The van der Waals surface area contributed by atoms with Crippen molar-refractivity contribution in [2.75, 3.05) is 6.54 Å². The van der Waals surface area contributed by atoms with Gasteiger partial charge in [-0.3, -0.25) is 0 Å². The summed E-state index contributed by atoms with van der Waals surface area (Å²) < 4.78 is 0. The first-order valence-electron chi connectivity index (χ1n) is 4.76. The van der Waals surface area contributed by atoms with Gasteiger partial charge < -0.3 is 17.2 Å². The van der Waals surface area contributed by atoms with Crippen LogP contribution in [0.4, 0.5) is 0 Å². The quantitative estimate of drug-likeness (QED) is 0.366. The number of halogens is 1. The summed E-state index contributed by atoms with van der Waals surface area (Å²) in [6.07, 6.45) is 6.99. The van der Waals surface area contributed by atoms with Crippen molar-refractivity contribution in [3.63, 3.8) is 0 Å². The van der Waals surface area contributed by atoms with E-state index < -0.39 is 0 Å². The number of allylic oxidation sites excluding steroid dienone is 1. The van der Waals surface area contributed by atoms with E-state index in [1.165, 1.54) is 18.4 Å². The summed E-state index contributed by atoms with van der Waals surface area (Å²) in [6.45, 7) is 0.614. The van der Waals surface area contributed by atoms with Crippen LogP contribution in [0.1, 0.15) is 25.7 Å². The van der Waals surface area contributed by atoms with Crippen molar-refractivity contribution < 1.29 is 0 Å². The van der Waals surface area contributed by atoms with Crippen LogP contribution < -0.4 is 17.2 Å². The summed E-state index contributed by atoms with van der Waals surface area (Å²) in [4.78, 5) is 7.70. The van der Waals surface area contributed by atoms with E-state index in [1.54, 1.807) is 0 Å². The normalized spacial score (nSPS) is 16.3. The Morgan fingerprint density at radius 2 is 2.00 bits per heavy atom. The molecule has 86 valence electrons. The number of hydrogen-bond donors (Lipinski definition) is 3. The average molecular weight is 232 g/mol. The molecule has 0 heterocycles. The number of nitrogens with zero attached hydrogens (tertiary/aromatic N) is 2. The molecule has 0 bridgehead atoms. The zero-order chi connectivity index (χ0) is 10.4. The van der Waals surface area contributed by atoms with Gasteiger partial charge >= 0.3 is 0 Å². The molecule has 0 aromatic carbocycles. The van der Waals surface area contributed by atoms with E-state index in [0.717, 1.165) is 12.8 Å². The summed E-state index contributed by atoms with van der Waals surface area (Å²) in [5, 5.41) is 0. The molecular weight excluding hydrogens is 214 g/mol. The van der Waals surface area contributed by atoms with Gasteiger partial charge in [0, 0.05) is 0 Å². The van der Waals surface area contributed by atoms with E-state index in [9.17, 15) is 0 Å². The van der Waals surface area contributed by atoms with Gasteiger partial charge in [0.1, 0.15) is 0 Å². The summed E-state index contributed by atoms with van der Waals surface area (Å²) >= 11 is 0. The molecule has 0 aliphatic heterocycles. The molecule has 0 saturated heterocycles. The van der Waals surface area contributed by atoms with E-state index in [4.69, 9.17) is 17.2 Å². The average Bonchev–Trinajstić information content (AvgIpc) is 2.15. The standard InChI is InChI=1S/C9H17N5.ClH/c10-8(11)14-9(12)13-6-7-4-2-1-3-5-7;/h4H,1-3,5-6H2,(H6,10,11,12,13,14);1H. The van der Waals surface area contributed by atoms with Gasteiger partial charge in [0.05, 0.1) is 6.54 Å². The van der Waals surface area contributed by atoms with Crippen LogP contribution in [0.15, 0.2) is 21.6 Å². The molecule has 0 aromatic heterocycles. The van der Waals surface area contributed by atoms with Gasteiger partial charge in [-0.1, -0.05) is 11.6 Å². The lowest BCUT2D eigenvalue weighted by Crippen LogP contribution is -2.26. The molecule has 1 rings (SSSR count). The minimum absolute atomic E-state index is 0. The van der Waals surface area contributed by atoms with E-state index in [1.807, 2.05) is 0 Å². The Kier molecular flexibility index (Phi) is 6.53. The molecule has 0 amide bonds. The minimum atomic E-state index is -0.0520. The van der Waals surface area contributed by atoms with Crippen LogP contribution in [0.25, 0.3) is 0 Å². The molecule has 15 heavy (non-hydrogen) atoms. The second-order valence-corrected chi connectivity index (χ2v) is 3.32. The Hall–Kier alpha value is -1.23. The third-order valence-corrected chi connectivity index (χ3v) is 2.07. The van der Waals surface area contributed by atoms with Gasteiger partial charge in [-0.15, -0.1) is 12.4 Å². The van der Waals surface area contributed by atoms with Gasteiger partial charge in [-0.25, -0.2) is 4.99 Å². The highest BCUT2D eigenvalue weighted by molar-refractivity contribution is 5.92. The van der Waals surface area contributed by atoms with Crippen LogP contribution in [0.2, 0.25) is 0 Å². The fraction of sp³-hybridized carbons (Fsp3) is 0.556. The summed E-state index contributed by atoms with van der Waals surface area (Å²) in [6, 6.07) is 0. The molecule has 0 aromatic rings. The highest BCUT2D eigenvalue weighted by Crippen LogP contribution is 2.17. The van der Waals surface area contributed by atoms with Crippen molar-refractivity contribution in [1.82, 2.24) is 0 Å². The zero-order valence-corrected chi connectivity index (χ0v) is 9.46. The van der Waals surface area contributed by atoms with E-state index in [0.29, 0.717) is 6.54 Å². The van der Waals surface area contributed by atoms with Crippen molar-refractivity contribution in [3.05, 3.63) is 11.6 Å². The fourth-order valence-electron chi connectivity index (χ4n) is 1.40. The second kappa shape index (κ2) is 7.11. The highest BCUT2D eigenvalue weighted by Gasteiger charge is 2.02. The third kappa shape index (κ3) is 5.96. The van der Waals surface area contributed by atoms with E-state index >= 15 is 0 Å². The number of hydrogen-bond acceptors (Lipinski definition) is 1. The molecule has 0 unspecified atom stereocenters. The highest BCUT2D eigenvalue weighted by atomic mass is 35.5. The molecule has 5 nitrogen and oxygen atoms in total. The molecule has 0 radical (unpaired) electrons. The first-order valence-corrected chi connectivity index (χ1v) is 4.76. The Balaban J connectivity index is 0.00000196. The molecule has 0 atom stereocenters. The maximum Gasteiger partial charge on any atom is 0.218 e.